The molecule has 0 aromatic heterocycles. The van der Waals surface area contributed by atoms with Gasteiger partial charge >= 0.3 is 5.97 Å². The number of carbonyl (C=O) groups is 1. The minimum atomic E-state index is -0.844. The summed E-state index contributed by atoms with van der Waals surface area (Å²) in [4.78, 5) is 16.8. The highest BCUT2D eigenvalue weighted by atomic mass is 16.4. The van der Waals surface area contributed by atoms with Crippen LogP contribution in [0.2, 0.25) is 0 Å². The van der Waals surface area contributed by atoms with E-state index in [1.165, 1.54) is 0 Å². The average Bonchev–Trinajstić information content (AvgIpc) is 2.17. The number of guanidine groups is 1. The van der Waals surface area contributed by atoms with Gasteiger partial charge in [0.15, 0.2) is 12.0 Å². The summed E-state index contributed by atoms with van der Waals surface area (Å²) in [6, 6.07) is -0.578. The molecule has 5 heteroatoms. The zero-order chi connectivity index (χ0) is 9.26. The second kappa shape index (κ2) is 3.08. The molecule has 0 aromatic carbocycles. The second-order valence-corrected chi connectivity index (χ2v) is 3.09. The maximum absolute atomic E-state index is 10.7. The molecule has 1 atom stereocenters. The van der Waals surface area contributed by atoms with Crippen LogP contribution in [-0.2, 0) is 4.79 Å². The van der Waals surface area contributed by atoms with Gasteiger partial charge in [0.2, 0.25) is 0 Å². The predicted octanol–water partition coefficient (Wildman–Crippen LogP) is -0.382. The molecule has 0 saturated carbocycles. The van der Waals surface area contributed by atoms with Crippen molar-refractivity contribution in [3.05, 3.63) is 12.3 Å². The first-order chi connectivity index (χ1) is 6.27. The van der Waals surface area contributed by atoms with Gasteiger partial charge in [-0.25, -0.2) is 9.79 Å². The lowest BCUT2D eigenvalue weighted by Gasteiger charge is -2.32. The van der Waals surface area contributed by atoms with Gasteiger partial charge in [-0.2, -0.15) is 0 Å². The molecule has 2 rings (SSSR count). The van der Waals surface area contributed by atoms with E-state index < -0.39 is 12.0 Å². The Morgan fingerprint density at radius 2 is 2.62 bits per heavy atom. The van der Waals surface area contributed by atoms with Gasteiger partial charge in [-0.15, -0.1) is 0 Å². The molecule has 0 amide bonds. The van der Waals surface area contributed by atoms with Crippen LogP contribution in [0.5, 0.6) is 0 Å². The van der Waals surface area contributed by atoms with E-state index in [4.69, 9.17) is 5.11 Å². The third-order valence-electron chi connectivity index (χ3n) is 2.19. The summed E-state index contributed by atoms with van der Waals surface area (Å²) in [5.74, 6) is -0.162. The van der Waals surface area contributed by atoms with Gasteiger partial charge in [-0.3, -0.25) is 0 Å². The molecular weight excluding hydrogens is 170 g/mol. The third-order valence-corrected chi connectivity index (χ3v) is 2.19. The van der Waals surface area contributed by atoms with Gasteiger partial charge in [-0.05, 0) is 12.5 Å². The number of carboxylic acid groups (broad SMARTS) is 1. The highest BCUT2D eigenvalue weighted by Gasteiger charge is 2.26. The average molecular weight is 181 g/mol. The number of hydrogen-bond donors (Lipinski definition) is 2. The van der Waals surface area contributed by atoms with E-state index in [2.05, 4.69) is 10.3 Å². The van der Waals surface area contributed by atoms with Gasteiger partial charge in [0, 0.05) is 19.3 Å². The van der Waals surface area contributed by atoms with Crippen LogP contribution in [0.15, 0.2) is 17.3 Å². The number of rotatable bonds is 1. The first kappa shape index (κ1) is 8.10. The number of hydrogen-bond acceptors (Lipinski definition) is 4. The number of nitrogens with zero attached hydrogens (tertiary/aromatic N) is 2. The molecule has 0 aliphatic carbocycles. The van der Waals surface area contributed by atoms with E-state index in [0.717, 1.165) is 13.1 Å². The number of aliphatic imine (C=N–C) groups is 1. The molecular formula is C8H11N3O2. The van der Waals surface area contributed by atoms with Crippen LogP contribution in [0.4, 0.5) is 0 Å². The van der Waals surface area contributed by atoms with Gasteiger partial charge in [0.05, 0.1) is 0 Å². The van der Waals surface area contributed by atoms with Gasteiger partial charge in [0.25, 0.3) is 0 Å². The van der Waals surface area contributed by atoms with E-state index >= 15 is 0 Å². The van der Waals surface area contributed by atoms with Crippen molar-refractivity contribution in [2.24, 2.45) is 4.99 Å². The van der Waals surface area contributed by atoms with Crippen LogP contribution >= 0.6 is 0 Å². The molecule has 2 aliphatic rings. The van der Waals surface area contributed by atoms with Gasteiger partial charge in [0.1, 0.15) is 0 Å². The lowest BCUT2D eigenvalue weighted by molar-refractivity contribution is -0.138. The van der Waals surface area contributed by atoms with Crippen molar-refractivity contribution in [1.29, 1.82) is 0 Å². The molecule has 0 spiro atoms. The summed E-state index contributed by atoms with van der Waals surface area (Å²) >= 11 is 0. The Labute approximate surface area is 75.8 Å². The van der Waals surface area contributed by atoms with Crippen LogP contribution in [-0.4, -0.2) is 41.1 Å². The van der Waals surface area contributed by atoms with Crippen molar-refractivity contribution in [3.8, 4) is 0 Å². The molecule has 13 heavy (non-hydrogen) atoms. The maximum atomic E-state index is 10.7. The molecule has 0 bridgehead atoms. The van der Waals surface area contributed by atoms with Crippen molar-refractivity contribution in [3.63, 3.8) is 0 Å². The largest absolute Gasteiger partial charge is 0.480 e. The smallest absolute Gasteiger partial charge is 0.328 e. The van der Waals surface area contributed by atoms with Crippen molar-refractivity contribution >= 4 is 11.9 Å². The Morgan fingerprint density at radius 1 is 1.77 bits per heavy atom. The fourth-order valence-corrected chi connectivity index (χ4v) is 1.48. The van der Waals surface area contributed by atoms with E-state index in [-0.39, 0.29) is 0 Å². The third kappa shape index (κ3) is 1.49. The Kier molecular flexibility index (Phi) is 1.92. The summed E-state index contributed by atoms with van der Waals surface area (Å²) in [7, 11) is 0. The van der Waals surface area contributed by atoms with Crippen LogP contribution in [0.1, 0.15) is 6.42 Å². The molecule has 0 aromatic rings. The quantitative estimate of drug-likeness (QED) is 0.578. The molecule has 2 heterocycles. The molecule has 2 N–H and O–H groups in total. The van der Waals surface area contributed by atoms with E-state index in [1.54, 1.807) is 6.20 Å². The Balaban J connectivity index is 2.17. The van der Waals surface area contributed by atoms with Crippen LogP contribution in [0.25, 0.3) is 0 Å². The molecule has 2 aliphatic heterocycles. The van der Waals surface area contributed by atoms with Gasteiger partial charge < -0.3 is 15.3 Å². The summed E-state index contributed by atoms with van der Waals surface area (Å²) in [6.45, 7) is 1.57. The molecule has 70 valence electrons. The monoisotopic (exact) mass is 181 g/mol. The van der Waals surface area contributed by atoms with Gasteiger partial charge in [-0.1, -0.05) is 0 Å². The van der Waals surface area contributed by atoms with Crippen LogP contribution in [0, 0.1) is 0 Å². The predicted molar refractivity (Wildman–Crippen MR) is 47.3 cm³/mol. The number of carboxylic acids is 1. The maximum Gasteiger partial charge on any atom is 0.328 e. The normalized spacial score (nSPS) is 26.0. The van der Waals surface area contributed by atoms with Crippen LogP contribution < -0.4 is 5.32 Å². The standard InChI is InChI=1S/C8H11N3O2/c12-7(13)6-2-5-11-4-1-3-9-8(11)10-6/h1,3,6H,2,4-5H2,(H,9,10)(H,12,13). The lowest BCUT2D eigenvalue weighted by atomic mass is 10.2. The van der Waals surface area contributed by atoms with Crippen LogP contribution in [0.3, 0.4) is 0 Å². The molecule has 0 saturated heterocycles. The van der Waals surface area contributed by atoms with Crippen molar-refractivity contribution < 1.29 is 9.90 Å². The van der Waals surface area contributed by atoms with Crippen molar-refractivity contribution in [1.82, 2.24) is 10.2 Å². The molecule has 5 nitrogen and oxygen atoms in total. The Hall–Kier alpha value is -1.52. The Morgan fingerprint density at radius 3 is 3.38 bits per heavy atom. The number of aliphatic carboxylic acids is 1. The Bertz CT molecular complexity index is 285. The molecule has 0 fully saturated rings. The van der Waals surface area contributed by atoms with Crippen molar-refractivity contribution in [2.75, 3.05) is 13.1 Å². The fourth-order valence-electron chi connectivity index (χ4n) is 1.48. The topological polar surface area (TPSA) is 64.9 Å². The van der Waals surface area contributed by atoms with Crippen molar-refractivity contribution in [2.45, 2.75) is 12.5 Å². The first-order valence-corrected chi connectivity index (χ1v) is 4.24. The zero-order valence-corrected chi connectivity index (χ0v) is 7.10. The molecule has 0 radical (unpaired) electrons. The van der Waals surface area contributed by atoms with E-state index in [0.29, 0.717) is 12.4 Å². The fraction of sp³-hybridized carbons (Fsp3) is 0.500. The van der Waals surface area contributed by atoms with E-state index in [9.17, 15) is 4.79 Å². The number of fused-ring (bicyclic) bond motifs is 1. The van der Waals surface area contributed by atoms with E-state index in [1.807, 2.05) is 11.0 Å². The zero-order valence-electron chi connectivity index (χ0n) is 7.10. The number of nitrogens with one attached hydrogen (secondary N) is 1. The summed E-state index contributed by atoms with van der Waals surface area (Å²) in [5.41, 5.74) is 0. The minimum absolute atomic E-state index is 0.578. The SMILES string of the molecule is O=C(O)C1CCN2CC=CNC2=N1. The summed E-state index contributed by atoms with van der Waals surface area (Å²) in [6.07, 6.45) is 4.37. The molecule has 1 unspecified atom stereocenters. The minimum Gasteiger partial charge on any atom is -0.480 e. The summed E-state index contributed by atoms with van der Waals surface area (Å²) in [5, 5.41) is 11.7. The second-order valence-electron chi connectivity index (χ2n) is 3.09. The first-order valence-electron chi connectivity index (χ1n) is 4.24. The summed E-state index contributed by atoms with van der Waals surface area (Å²) < 4.78 is 0. The highest BCUT2D eigenvalue weighted by molar-refractivity contribution is 5.86. The highest BCUT2D eigenvalue weighted by Crippen LogP contribution is 2.11. The lowest BCUT2D eigenvalue weighted by Crippen LogP contribution is -2.48.